The fraction of sp³-hybridized carbons (Fsp3) is 0.143. The van der Waals surface area contributed by atoms with Crippen molar-refractivity contribution in [2.45, 2.75) is 12.7 Å². The second kappa shape index (κ2) is 5.89. The van der Waals surface area contributed by atoms with Crippen molar-refractivity contribution in [1.29, 1.82) is 0 Å². The van der Waals surface area contributed by atoms with Crippen LogP contribution in [0.5, 0.6) is 0 Å². The van der Waals surface area contributed by atoms with Crippen LogP contribution in [-0.4, -0.2) is 0 Å². The van der Waals surface area contributed by atoms with Gasteiger partial charge in [-0.05, 0) is 42.0 Å². The zero-order valence-corrected chi connectivity index (χ0v) is 11.2. The van der Waals surface area contributed by atoms with Gasteiger partial charge in [0.15, 0.2) is 0 Å². The molecule has 0 radical (unpaired) electrons. The molecule has 0 unspecified atom stereocenters. The van der Waals surface area contributed by atoms with Crippen LogP contribution in [0.25, 0.3) is 0 Å². The lowest BCUT2D eigenvalue weighted by atomic mass is 10.1. The average Bonchev–Trinajstić information content (AvgIpc) is 2.38. The van der Waals surface area contributed by atoms with Crippen molar-refractivity contribution in [2.24, 2.45) is 0 Å². The molecule has 0 heterocycles. The molecule has 0 aliphatic carbocycles. The van der Waals surface area contributed by atoms with E-state index < -0.39 is 23.4 Å². The molecule has 0 saturated carbocycles. The molecule has 0 bridgehead atoms. The summed E-state index contributed by atoms with van der Waals surface area (Å²) in [6.07, 6.45) is -4.62. The highest BCUT2D eigenvalue weighted by Gasteiger charge is 2.31. The van der Waals surface area contributed by atoms with E-state index in [1.165, 1.54) is 12.1 Å². The summed E-state index contributed by atoms with van der Waals surface area (Å²) in [6.45, 7) is -0.0814. The summed E-state index contributed by atoms with van der Waals surface area (Å²) in [5.74, 6) is -1.64. The maximum atomic E-state index is 13.2. The van der Waals surface area contributed by atoms with Gasteiger partial charge in [-0.1, -0.05) is 11.6 Å². The van der Waals surface area contributed by atoms with Gasteiger partial charge in [0.1, 0.15) is 11.6 Å². The Morgan fingerprint density at radius 3 is 2.33 bits per heavy atom. The lowest BCUT2D eigenvalue weighted by Gasteiger charge is -2.11. The molecule has 0 fully saturated rings. The van der Waals surface area contributed by atoms with Crippen molar-refractivity contribution < 1.29 is 22.0 Å². The van der Waals surface area contributed by atoms with E-state index in [9.17, 15) is 22.0 Å². The van der Waals surface area contributed by atoms with Crippen LogP contribution >= 0.6 is 11.6 Å². The maximum absolute atomic E-state index is 13.2. The van der Waals surface area contributed by atoms with Crippen molar-refractivity contribution in [1.82, 2.24) is 0 Å². The molecule has 2 rings (SSSR count). The Balaban J connectivity index is 2.16. The quantitative estimate of drug-likeness (QED) is 0.761. The van der Waals surface area contributed by atoms with Gasteiger partial charge >= 0.3 is 6.18 Å². The van der Waals surface area contributed by atoms with Gasteiger partial charge in [0.25, 0.3) is 0 Å². The van der Waals surface area contributed by atoms with E-state index in [1.54, 1.807) is 0 Å². The standard InChI is InChI=1S/C14H9ClF5N/c15-12-2-1-11(6-13(12)17)21-7-8-3-9(14(18,19)20)5-10(16)4-8/h1-6,21H,7H2. The summed E-state index contributed by atoms with van der Waals surface area (Å²) < 4.78 is 64.1. The lowest BCUT2D eigenvalue weighted by molar-refractivity contribution is -0.137. The first-order valence-electron chi connectivity index (χ1n) is 5.81. The number of benzene rings is 2. The van der Waals surface area contributed by atoms with E-state index in [-0.39, 0.29) is 17.1 Å². The minimum atomic E-state index is -4.62. The number of alkyl halides is 3. The van der Waals surface area contributed by atoms with Gasteiger partial charge in [0.05, 0.1) is 10.6 Å². The molecule has 0 aliphatic heterocycles. The minimum absolute atomic E-state index is 0.0642. The largest absolute Gasteiger partial charge is 0.416 e. The number of rotatable bonds is 3. The first kappa shape index (κ1) is 15.6. The van der Waals surface area contributed by atoms with E-state index in [0.717, 1.165) is 18.2 Å². The van der Waals surface area contributed by atoms with E-state index >= 15 is 0 Å². The molecule has 1 N–H and O–H groups in total. The summed E-state index contributed by atoms with van der Waals surface area (Å²) in [4.78, 5) is 0. The summed E-state index contributed by atoms with van der Waals surface area (Å²) in [5, 5.41) is 2.64. The second-order valence-electron chi connectivity index (χ2n) is 4.33. The smallest absolute Gasteiger partial charge is 0.381 e. The molecule has 0 atom stereocenters. The molecule has 21 heavy (non-hydrogen) atoms. The highest BCUT2D eigenvalue weighted by atomic mass is 35.5. The van der Waals surface area contributed by atoms with Gasteiger partial charge in [0, 0.05) is 12.2 Å². The maximum Gasteiger partial charge on any atom is 0.416 e. The Morgan fingerprint density at radius 2 is 1.71 bits per heavy atom. The molecule has 0 amide bonds. The average molecular weight is 322 g/mol. The zero-order chi connectivity index (χ0) is 15.6. The zero-order valence-electron chi connectivity index (χ0n) is 10.4. The molecule has 112 valence electrons. The third-order valence-electron chi connectivity index (χ3n) is 2.70. The normalized spacial score (nSPS) is 11.5. The molecular weight excluding hydrogens is 313 g/mol. The summed E-state index contributed by atoms with van der Waals surface area (Å²) in [5.41, 5.74) is -0.644. The van der Waals surface area contributed by atoms with Crippen LogP contribution in [0.15, 0.2) is 36.4 Å². The summed E-state index contributed by atoms with van der Waals surface area (Å²) in [6, 6.07) is 6.12. The lowest BCUT2D eigenvalue weighted by Crippen LogP contribution is -2.08. The molecule has 2 aromatic rings. The SMILES string of the molecule is Fc1cc(CNc2ccc(Cl)c(F)c2)cc(C(F)(F)F)c1. The van der Waals surface area contributed by atoms with Crippen molar-refractivity contribution in [2.75, 3.05) is 5.32 Å². The predicted octanol–water partition coefficient (Wildman–Crippen LogP) is 5.25. The van der Waals surface area contributed by atoms with Crippen molar-refractivity contribution >= 4 is 17.3 Å². The van der Waals surface area contributed by atoms with E-state index in [1.807, 2.05) is 0 Å². The monoisotopic (exact) mass is 321 g/mol. The van der Waals surface area contributed by atoms with E-state index in [2.05, 4.69) is 5.32 Å². The van der Waals surface area contributed by atoms with Crippen LogP contribution in [-0.2, 0) is 12.7 Å². The Hall–Kier alpha value is -1.82. The van der Waals surface area contributed by atoms with Crippen LogP contribution in [0.4, 0.5) is 27.6 Å². The number of nitrogens with one attached hydrogen (secondary N) is 1. The van der Waals surface area contributed by atoms with Crippen LogP contribution in [0.3, 0.4) is 0 Å². The molecule has 0 saturated heterocycles. The van der Waals surface area contributed by atoms with Crippen LogP contribution in [0.2, 0.25) is 5.02 Å². The highest BCUT2D eigenvalue weighted by molar-refractivity contribution is 6.30. The summed E-state index contributed by atoms with van der Waals surface area (Å²) in [7, 11) is 0. The fourth-order valence-corrected chi connectivity index (χ4v) is 1.84. The van der Waals surface area contributed by atoms with Gasteiger partial charge in [-0.15, -0.1) is 0 Å². The van der Waals surface area contributed by atoms with E-state index in [4.69, 9.17) is 11.6 Å². The van der Waals surface area contributed by atoms with Gasteiger partial charge < -0.3 is 5.32 Å². The van der Waals surface area contributed by atoms with Crippen LogP contribution < -0.4 is 5.32 Å². The Kier molecular flexibility index (Phi) is 4.37. The second-order valence-corrected chi connectivity index (χ2v) is 4.74. The van der Waals surface area contributed by atoms with E-state index in [0.29, 0.717) is 11.8 Å². The van der Waals surface area contributed by atoms with Gasteiger partial charge in [-0.25, -0.2) is 8.78 Å². The van der Waals surface area contributed by atoms with Gasteiger partial charge in [-0.2, -0.15) is 13.2 Å². The van der Waals surface area contributed by atoms with Crippen LogP contribution in [0.1, 0.15) is 11.1 Å². The molecule has 7 heteroatoms. The van der Waals surface area contributed by atoms with Crippen molar-refractivity contribution in [3.63, 3.8) is 0 Å². The van der Waals surface area contributed by atoms with Gasteiger partial charge in [-0.3, -0.25) is 0 Å². The van der Waals surface area contributed by atoms with Crippen molar-refractivity contribution in [3.05, 3.63) is 64.2 Å². The molecular formula is C14H9ClF5N. The molecule has 1 nitrogen and oxygen atoms in total. The Bertz CT molecular complexity index is 654. The minimum Gasteiger partial charge on any atom is -0.381 e. The summed E-state index contributed by atoms with van der Waals surface area (Å²) >= 11 is 5.51. The number of hydrogen-bond acceptors (Lipinski definition) is 1. The van der Waals surface area contributed by atoms with Crippen LogP contribution in [0, 0.1) is 11.6 Å². The number of halogens is 6. The fourth-order valence-electron chi connectivity index (χ4n) is 1.73. The molecule has 0 aliphatic rings. The number of anilines is 1. The first-order chi connectivity index (χ1) is 9.75. The van der Waals surface area contributed by atoms with Crippen molar-refractivity contribution in [3.8, 4) is 0 Å². The Morgan fingerprint density at radius 1 is 1.00 bits per heavy atom. The molecule has 2 aromatic carbocycles. The Labute approximate surface area is 122 Å². The number of hydrogen-bond donors (Lipinski definition) is 1. The first-order valence-corrected chi connectivity index (χ1v) is 6.19. The highest BCUT2D eigenvalue weighted by Crippen LogP contribution is 2.30. The van der Waals surface area contributed by atoms with Gasteiger partial charge in [0.2, 0.25) is 0 Å². The topological polar surface area (TPSA) is 12.0 Å². The predicted molar refractivity (Wildman–Crippen MR) is 70.1 cm³/mol. The third kappa shape index (κ3) is 4.07. The third-order valence-corrected chi connectivity index (χ3v) is 3.01. The molecule has 0 spiro atoms. The molecule has 0 aromatic heterocycles.